The van der Waals surface area contributed by atoms with Crippen LogP contribution in [-0.2, 0) is 4.74 Å². The molecule has 0 aromatic heterocycles. The lowest BCUT2D eigenvalue weighted by Crippen LogP contribution is -2.32. The molecule has 1 aromatic rings. The van der Waals surface area contributed by atoms with Crippen molar-refractivity contribution < 1.29 is 14.3 Å². The van der Waals surface area contributed by atoms with Crippen molar-refractivity contribution >= 4 is 5.91 Å². The molecule has 1 unspecified atom stereocenters. The highest BCUT2D eigenvalue weighted by Crippen LogP contribution is 2.19. The maximum absolute atomic E-state index is 12.6. The highest BCUT2D eigenvalue weighted by molar-refractivity contribution is 5.94. The van der Waals surface area contributed by atoms with Crippen molar-refractivity contribution in [3.8, 4) is 5.75 Å². The summed E-state index contributed by atoms with van der Waals surface area (Å²) in [6.45, 7) is 4.51. The Morgan fingerprint density at radius 3 is 2.95 bits per heavy atom. The number of carbonyl (C=O) groups excluding carboxylic acids is 1. The molecule has 4 heteroatoms. The van der Waals surface area contributed by atoms with Gasteiger partial charge in [-0.15, -0.1) is 0 Å². The van der Waals surface area contributed by atoms with Gasteiger partial charge in [0.05, 0.1) is 13.2 Å². The summed E-state index contributed by atoms with van der Waals surface area (Å²) in [5.74, 6) is 0.810. The summed E-state index contributed by atoms with van der Waals surface area (Å²) in [6, 6.07) is 7.37. The molecule has 1 aliphatic heterocycles. The summed E-state index contributed by atoms with van der Waals surface area (Å²) in [5.41, 5.74) is 0.697. The van der Waals surface area contributed by atoms with E-state index in [0.29, 0.717) is 11.7 Å². The van der Waals surface area contributed by atoms with Gasteiger partial charge in [-0.25, -0.2) is 0 Å². The van der Waals surface area contributed by atoms with Crippen LogP contribution in [0.15, 0.2) is 24.3 Å². The Bertz CT molecular complexity index is 461. The van der Waals surface area contributed by atoms with Crippen LogP contribution < -0.4 is 4.74 Å². The van der Waals surface area contributed by atoms with E-state index in [1.807, 2.05) is 23.1 Å². The molecule has 116 valence electrons. The molecule has 21 heavy (non-hydrogen) atoms. The number of likely N-dealkylation sites (tertiary alicyclic amines) is 1. The zero-order valence-electron chi connectivity index (χ0n) is 13.0. The fraction of sp³-hybridized carbons (Fsp3) is 0.588. The lowest BCUT2D eigenvalue weighted by molar-refractivity contribution is 0.0432. The van der Waals surface area contributed by atoms with Crippen molar-refractivity contribution in [2.45, 2.75) is 38.7 Å². The first-order chi connectivity index (χ1) is 10.2. The van der Waals surface area contributed by atoms with Crippen molar-refractivity contribution in [1.82, 2.24) is 4.90 Å². The summed E-state index contributed by atoms with van der Waals surface area (Å²) < 4.78 is 11.0. The zero-order chi connectivity index (χ0) is 15.1. The Labute approximate surface area is 127 Å². The SMILES string of the molecule is CCCOC1CCCN(C(=O)c2cccc(OC)c2)CC1. The predicted octanol–water partition coefficient (Wildman–Crippen LogP) is 3.12. The van der Waals surface area contributed by atoms with Gasteiger partial charge in [0.15, 0.2) is 0 Å². The second kappa shape index (κ2) is 8.03. The average Bonchev–Trinajstić information content (AvgIpc) is 2.78. The summed E-state index contributed by atoms with van der Waals surface area (Å²) in [7, 11) is 1.62. The smallest absolute Gasteiger partial charge is 0.253 e. The third-order valence-electron chi connectivity index (χ3n) is 3.84. The summed E-state index contributed by atoms with van der Waals surface area (Å²) >= 11 is 0. The number of methoxy groups -OCH3 is 1. The number of benzene rings is 1. The van der Waals surface area contributed by atoms with Crippen LogP contribution in [0.1, 0.15) is 43.0 Å². The van der Waals surface area contributed by atoms with Gasteiger partial charge in [0, 0.05) is 25.3 Å². The summed E-state index contributed by atoms with van der Waals surface area (Å²) in [6.07, 6.45) is 4.32. The lowest BCUT2D eigenvalue weighted by Gasteiger charge is -2.21. The first-order valence-electron chi connectivity index (χ1n) is 7.79. The maximum atomic E-state index is 12.6. The van der Waals surface area contributed by atoms with E-state index in [1.165, 1.54) is 0 Å². The molecule has 0 bridgehead atoms. The van der Waals surface area contributed by atoms with E-state index in [2.05, 4.69) is 6.92 Å². The van der Waals surface area contributed by atoms with Crippen LogP contribution in [0, 0.1) is 0 Å². The average molecular weight is 291 g/mol. The van der Waals surface area contributed by atoms with Crippen molar-refractivity contribution in [3.05, 3.63) is 29.8 Å². The molecular weight excluding hydrogens is 266 g/mol. The molecule has 1 aromatic carbocycles. The van der Waals surface area contributed by atoms with Gasteiger partial charge in [0.2, 0.25) is 0 Å². The molecule has 1 fully saturated rings. The standard InChI is InChI=1S/C17H25NO3/c1-3-12-21-15-8-5-10-18(11-9-15)17(19)14-6-4-7-16(13-14)20-2/h4,6-7,13,15H,3,5,8-12H2,1-2H3. The quantitative estimate of drug-likeness (QED) is 0.836. The van der Waals surface area contributed by atoms with Gasteiger partial charge in [-0.05, 0) is 43.9 Å². The van der Waals surface area contributed by atoms with Gasteiger partial charge in [0.25, 0.3) is 5.91 Å². The van der Waals surface area contributed by atoms with E-state index in [1.54, 1.807) is 13.2 Å². The Balaban J connectivity index is 1.96. The normalized spacial score (nSPS) is 19.1. The highest BCUT2D eigenvalue weighted by Gasteiger charge is 2.22. The second-order valence-electron chi connectivity index (χ2n) is 5.45. The molecule has 0 radical (unpaired) electrons. The van der Waals surface area contributed by atoms with E-state index in [9.17, 15) is 4.79 Å². The number of amides is 1. The molecule has 0 spiro atoms. The van der Waals surface area contributed by atoms with Gasteiger partial charge >= 0.3 is 0 Å². The Hall–Kier alpha value is -1.55. The first-order valence-corrected chi connectivity index (χ1v) is 7.79. The molecule has 0 N–H and O–H groups in total. The van der Waals surface area contributed by atoms with Gasteiger partial charge in [-0.2, -0.15) is 0 Å². The van der Waals surface area contributed by atoms with Crippen LogP contribution >= 0.6 is 0 Å². The fourth-order valence-corrected chi connectivity index (χ4v) is 2.66. The Kier molecular flexibility index (Phi) is 6.05. The van der Waals surface area contributed by atoms with Crippen LogP contribution in [0.25, 0.3) is 0 Å². The minimum absolute atomic E-state index is 0.0880. The van der Waals surface area contributed by atoms with Crippen molar-refractivity contribution in [3.63, 3.8) is 0 Å². The van der Waals surface area contributed by atoms with Gasteiger partial charge in [-0.1, -0.05) is 13.0 Å². The van der Waals surface area contributed by atoms with E-state index in [4.69, 9.17) is 9.47 Å². The van der Waals surface area contributed by atoms with E-state index < -0.39 is 0 Å². The molecule has 0 saturated carbocycles. The van der Waals surface area contributed by atoms with Gasteiger partial charge in [0.1, 0.15) is 5.75 Å². The largest absolute Gasteiger partial charge is 0.497 e. The van der Waals surface area contributed by atoms with Crippen LogP contribution in [-0.4, -0.2) is 43.7 Å². The Morgan fingerprint density at radius 2 is 2.19 bits per heavy atom. The van der Waals surface area contributed by atoms with Crippen LogP contribution in [0.5, 0.6) is 5.75 Å². The third-order valence-corrected chi connectivity index (χ3v) is 3.84. The highest BCUT2D eigenvalue weighted by atomic mass is 16.5. The van der Waals surface area contributed by atoms with Crippen molar-refractivity contribution in [1.29, 1.82) is 0 Å². The molecule has 2 rings (SSSR count). The molecule has 0 aliphatic carbocycles. The lowest BCUT2D eigenvalue weighted by atomic mass is 10.1. The summed E-state index contributed by atoms with van der Waals surface area (Å²) in [4.78, 5) is 14.5. The number of hydrogen-bond acceptors (Lipinski definition) is 3. The second-order valence-corrected chi connectivity index (χ2v) is 5.45. The molecular formula is C17H25NO3. The predicted molar refractivity (Wildman–Crippen MR) is 82.8 cm³/mol. The van der Waals surface area contributed by atoms with Crippen molar-refractivity contribution in [2.75, 3.05) is 26.8 Å². The topological polar surface area (TPSA) is 38.8 Å². The van der Waals surface area contributed by atoms with E-state index >= 15 is 0 Å². The zero-order valence-corrected chi connectivity index (χ0v) is 13.0. The number of hydrogen-bond donors (Lipinski definition) is 0. The molecule has 1 heterocycles. The number of carbonyl (C=O) groups is 1. The van der Waals surface area contributed by atoms with Gasteiger partial charge in [-0.3, -0.25) is 4.79 Å². The van der Waals surface area contributed by atoms with Crippen LogP contribution in [0.4, 0.5) is 0 Å². The molecule has 4 nitrogen and oxygen atoms in total. The maximum Gasteiger partial charge on any atom is 0.253 e. The third kappa shape index (κ3) is 4.46. The van der Waals surface area contributed by atoms with E-state index in [0.717, 1.165) is 51.1 Å². The molecule has 1 atom stereocenters. The van der Waals surface area contributed by atoms with E-state index in [-0.39, 0.29) is 5.91 Å². The minimum Gasteiger partial charge on any atom is -0.497 e. The van der Waals surface area contributed by atoms with Gasteiger partial charge < -0.3 is 14.4 Å². The minimum atomic E-state index is 0.0880. The number of ether oxygens (including phenoxy) is 2. The fourth-order valence-electron chi connectivity index (χ4n) is 2.66. The first kappa shape index (κ1) is 15.8. The summed E-state index contributed by atoms with van der Waals surface area (Å²) in [5, 5.41) is 0. The number of nitrogens with zero attached hydrogens (tertiary/aromatic N) is 1. The number of rotatable bonds is 5. The van der Waals surface area contributed by atoms with Crippen molar-refractivity contribution in [2.24, 2.45) is 0 Å². The molecule has 1 saturated heterocycles. The molecule has 1 aliphatic rings. The van der Waals surface area contributed by atoms with Crippen LogP contribution in [0.3, 0.4) is 0 Å². The monoisotopic (exact) mass is 291 g/mol. The molecule has 1 amide bonds. The van der Waals surface area contributed by atoms with Crippen LogP contribution in [0.2, 0.25) is 0 Å². The Morgan fingerprint density at radius 1 is 1.33 bits per heavy atom.